The van der Waals surface area contributed by atoms with Crippen LogP contribution in [0.4, 0.5) is 0 Å². The minimum absolute atomic E-state index is 0.708. The Labute approximate surface area is 140 Å². The van der Waals surface area contributed by atoms with Crippen LogP contribution in [0, 0.1) is 13.8 Å². The van der Waals surface area contributed by atoms with E-state index >= 15 is 0 Å². The molecular formula is C20H17N3O. The molecule has 118 valence electrons. The molecule has 0 aliphatic rings. The van der Waals surface area contributed by atoms with Gasteiger partial charge in [0.15, 0.2) is 0 Å². The second-order valence-electron chi connectivity index (χ2n) is 5.83. The molecule has 0 aliphatic carbocycles. The van der Waals surface area contributed by atoms with Gasteiger partial charge in [0, 0.05) is 5.56 Å². The molecule has 4 aromatic rings. The van der Waals surface area contributed by atoms with Gasteiger partial charge in [-0.25, -0.2) is 9.66 Å². The van der Waals surface area contributed by atoms with E-state index in [0.29, 0.717) is 5.76 Å². The first-order valence-electron chi connectivity index (χ1n) is 7.84. The normalized spacial score (nSPS) is 11.6. The molecule has 4 rings (SSSR count). The Morgan fingerprint density at radius 2 is 1.79 bits per heavy atom. The van der Waals surface area contributed by atoms with Gasteiger partial charge in [-0.15, -0.1) is 0 Å². The van der Waals surface area contributed by atoms with Crippen LogP contribution in [0.25, 0.3) is 22.4 Å². The van der Waals surface area contributed by atoms with Gasteiger partial charge in [0.05, 0.1) is 17.2 Å². The van der Waals surface area contributed by atoms with E-state index in [2.05, 4.69) is 36.1 Å². The highest BCUT2D eigenvalue weighted by Gasteiger charge is 2.05. The zero-order chi connectivity index (χ0) is 16.5. The van der Waals surface area contributed by atoms with Crippen molar-refractivity contribution in [3.8, 4) is 11.3 Å². The predicted molar refractivity (Wildman–Crippen MR) is 96.3 cm³/mol. The number of aromatic nitrogens is 2. The van der Waals surface area contributed by atoms with Crippen molar-refractivity contribution < 1.29 is 4.42 Å². The van der Waals surface area contributed by atoms with Crippen LogP contribution >= 0.6 is 0 Å². The zero-order valence-electron chi connectivity index (χ0n) is 13.6. The molecule has 2 aromatic heterocycles. The molecule has 0 unspecified atom stereocenters. The van der Waals surface area contributed by atoms with E-state index in [1.54, 1.807) is 17.2 Å². The van der Waals surface area contributed by atoms with E-state index in [1.807, 2.05) is 42.5 Å². The summed E-state index contributed by atoms with van der Waals surface area (Å²) in [5.41, 5.74) is 5.44. The van der Waals surface area contributed by atoms with E-state index in [4.69, 9.17) is 4.42 Å². The lowest BCUT2D eigenvalue weighted by Gasteiger charge is -2.00. The molecule has 2 heterocycles. The van der Waals surface area contributed by atoms with Gasteiger partial charge in [0.2, 0.25) is 0 Å². The second kappa shape index (κ2) is 5.81. The van der Waals surface area contributed by atoms with Gasteiger partial charge in [-0.3, -0.25) is 0 Å². The first kappa shape index (κ1) is 14.5. The lowest BCUT2D eigenvalue weighted by molar-refractivity contribution is 0.574. The molecule has 0 saturated carbocycles. The van der Waals surface area contributed by atoms with Gasteiger partial charge in [-0.2, -0.15) is 5.10 Å². The Balaban J connectivity index is 1.64. The van der Waals surface area contributed by atoms with Gasteiger partial charge < -0.3 is 4.42 Å². The highest BCUT2D eigenvalue weighted by atomic mass is 16.3. The fraction of sp³-hybridized carbons (Fsp3) is 0.100. The number of hydrogen-bond acceptors (Lipinski definition) is 3. The van der Waals surface area contributed by atoms with Gasteiger partial charge in [0.25, 0.3) is 0 Å². The van der Waals surface area contributed by atoms with Crippen molar-refractivity contribution in [1.82, 2.24) is 9.66 Å². The van der Waals surface area contributed by atoms with E-state index in [0.717, 1.165) is 22.4 Å². The van der Waals surface area contributed by atoms with Crippen molar-refractivity contribution in [1.29, 1.82) is 0 Å². The number of nitrogens with zero attached hydrogens (tertiary/aromatic N) is 3. The minimum Gasteiger partial charge on any atom is -0.455 e. The number of aryl methyl sites for hydroxylation is 2. The van der Waals surface area contributed by atoms with Gasteiger partial charge >= 0.3 is 0 Å². The number of rotatable bonds is 3. The number of furan rings is 1. The van der Waals surface area contributed by atoms with E-state index in [1.165, 1.54) is 11.1 Å². The number of hydrogen-bond donors (Lipinski definition) is 0. The molecule has 0 bridgehead atoms. The molecular weight excluding hydrogens is 298 g/mol. The minimum atomic E-state index is 0.708. The fourth-order valence-corrected chi connectivity index (χ4v) is 2.64. The summed E-state index contributed by atoms with van der Waals surface area (Å²) in [5, 5.41) is 4.48. The molecule has 0 amide bonds. The smallest absolute Gasteiger partial charge is 0.147 e. The van der Waals surface area contributed by atoms with Gasteiger partial charge in [-0.1, -0.05) is 30.3 Å². The summed E-state index contributed by atoms with van der Waals surface area (Å²) in [4.78, 5) is 4.40. The van der Waals surface area contributed by atoms with Gasteiger partial charge in [-0.05, 0) is 49.2 Å². The lowest BCUT2D eigenvalue weighted by atomic mass is 10.1. The maximum atomic E-state index is 5.84. The van der Waals surface area contributed by atoms with E-state index in [9.17, 15) is 0 Å². The van der Waals surface area contributed by atoms with Crippen LogP contribution in [0.2, 0.25) is 0 Å². The summed E-state index contributed by atoms with van der Waals surface area (Å²) >= 11 is 0. The third kappa shape index (κ3) is 2.63. The summed E-state index contributed by atoms with van der Waals surface area (Å²) in [6.07, 6.45) is 3.43. The Hall–Kier alpha value is -3.14. The lowest BCUT2D eigenvalue weighted by Crippen LogP contribution is -1.89. The zero-order valence-corrected chi connectivity index (χ0v) is 13.6. The largest absolute Gasteiger partial charge is 0.455 e. The first-order chi connectivity index (χ1) is 11.7. The second-order valence-corrected chi connectivity index (χ2v) is 5.83. The van der Waals surface area contributed by atoms with Crippen LogP contribution in [0.5, 0.6) is 0 Å². The SMILES string of the molecule is Cc1cc2ncn(/N=C/c3ccc(-c4ccccc4)o3)c2cc1C. The van der Waals surface area contributed by atoms with Gasteiger partial charge in [0.1, 0.15) is 17.8 Å². The summed E-state index contributed by atoms with van der Waals surface area (Å²) in [6.45, 7) is 4.18. The first-order valence-corrected chi connectivity index (χ1v) is 7.84. The molecule has 0 radical (unpaired) electrons. The molecule has 0 N–H and O–H groups in total. The number of fused-ring (bicyclic) bond motifs is 1. The van der Waals surface area contributed by atoms with Crippen LogP contribution in [-0.4, -0.2) is 15.9 Å². The molecule has 0 saturated heterocycles. The number of imidazole rings is 1. The molecule has 4 nitrogen and oxygen atoms in total. The average Bonchev–Trinajstić information content (AvgIpc) is 3.22. The molecule has 0 fully saturated rings. The van der Waals surface area contributed by atoms with Crippen LogP contribution in [0.1, 0.15) is 16.9 Å². The van der Waals surface area contributed by atoms with Crippen molar-refractivity contribution in [3.05, 3.63) is 77.8 Å². The molecule has 4 heteroatoms. The summed E-state index contributed by atoms with van der Waals surface area (Å²) in [5.74, 6) is 1.54. The van der Waals surface area contributed by atoms with Crippen LogP contribution in [0.3, 0.4) is 0 Å². The van der Waals surface area contributed by atoms with E-state index < -0.39 is 0 Å². The third-order valence-electron chi connectivity index (χ3n) is 4.14. The van der Waals surface area contributed by atoms with E-state index in [-0.39, 0.29) is 0 Å². The van der Waals surface area contributed by atoms with Crippen molar-refractivity contribution >= 4 is 17.2 Å². The van der Waals surface area contributed by atoms with Crippen molar-refractivity contribution in [2.45, 2.75) is 13.8 Å². The Morgan fingerprint density at radius 3 is 2.62 bits per heavy atom. The monoisotopic (exact) mass is 315 g/mol. The third-order valence-corrected chi connectivity index (χ3v) is 4.14. The summed E-state index contributed by atoms with van der Waals surface area (Å²) in [7, 11) is 0. The van der Waals surface area contributed by atoms with Crippen LogP contribution < -0.4 is 0 Å². The standard InChI is InChI=1S/C20H17N3O/c1-14-10-18-19(11-15(14)2)23(13-21-18)22-12-17-8-9-20(24-17)16-6-4-3-5-7-16/h3-13H,1-2H3/b22-12+. The molecule has 2 aromatic carbocycles. The van der Waals surface area contributed by atoms with Crippen LogP contribution in [-0.2, 0) is 0 Å². The van der Waals surface area contributed by atoms with Crippen molar-refractivity contribution in [2.24, 2.45) is 5.10 Å². The quantitative estimate of drug-likeness (QED) is 0.510. The average molecular weight is 315 g/mol. The fourth-order valence-electron chi connectivity index (χ4n) is 2.64. The molecule has 0 aliphatic heterocycles. The maximum Gasteiger partial charge on any atom is 0.147 e. The Bertz CT molecular complexity index is 1030. The van der Waals surface area contributed by atoms with Crippen molar-refractivity contribution in [3.63, 3.8) is 0 Å². The molecule has 24 heavy (non-hydrogen) atoms. The Morgan fingerprint density at radius 1 is 1.00 bits per heavy atom. The summed E-state index contributed by atoms with van der Waals surface area (Å²) in [6, 6.07) is 18.1. The Kier molecular flexibility index (Phi) is 3.50. The topological polar surface area (TPSA) is 43.3 Å². The predicted octanol–water partition coefficient (Wildman–Crippen LogP) is 4.80. The molecule has 0 spiro atoms. The van der Waals surface area contributed by atoms with Crippen LogP contribution in [0.15, 0.2) is 70.4 Å². The van der Waals surface area contributed by atoms with Crippen molar-refractivity contribution in [2.75, 3.05) is 0 Å². The number of benzene rings is 2. The maximum absolute atomic E-state index is 5.84. The molecule has 0 atom stereocenters. The highest BCUT2D eigenvalue weighted by Crippen LogP contribution is 2.21. The highest BCUT2D eigenvalue weighted by molar-refractivity contribution is 5.80. The summed E-state index contributed by atoms with van der Waals surface area (Å²) < 4.78 is 7.61.